The molecular weight excluding hydrogens is 362 g/mol. The number of ether oxygens (including phenoxy) is 1. The fourth-order valence-electron chi connectivity index (χ4n) is 4.49. The number of benzene rings is 2. The summed E-state index contributed by atoms with van der Waals surface area (Å²) >= 11 is 0. The van der Waals surface area contributed by atoms with Crippen molar-refractivity contribution >= 4 is 11.7 Å². The highest BCUT2D eigenvalue weighted by atomic mass is 16.5. The fourth-order valence-corrected chi connectivity index (χ4v) is 4.49. The van der Waals surface area contributed by atoms with Gasteiger partial charge in [-0.3, -0.25) is 9.59 Å². The topological polar surface area (TPSA) is 55.4 Å². The highest BCUT2D eigenvalue weighted by molar-refractivity contribution is 6.07. The Morgan fingerprint density at radius 2 is 1.55 bits per heavy atom. The van der Waals surface area contributed by atoms with Crippen molar-refractivity contribution in [1.29, 1.82) is 0 Å². The van der Waals surface area contributed by atoms with Crippen molar-refractivity contribution in [3.05, 3.63) is 64.2 Å². The monoisotopic (exact) mass is 393 g/mol. The van der Waals surface area contributed by atoms with Gasteiger partial charge >= 0.3 is 0 Å². The van der Waals surface area contributed by atoms with E-state index in [0.717, 1.165) is 42.4 Å². The standard InChI is InChI=1S/C25H31NO3/c1-17-14-18(2)16-20(15-17)23(27)25(12-7-5-6-8-13-25)26-24(28)21-10-9-11-22(29-4)19(21)3/h9-11,14-16H,5-8,12-13H2,1-4H3,(H,26,28). The first kappa shape index (κ1) is 21.1. The predicted octanol–water partition coefficient (Wildman–Crippen LogP) is 5.33. The van der Waals surface area contributed by atoms with Gasteiger partial charge in [0.25, 0.3) is 5.91 Å². The molecule has 1 saturated carbocycles. The van der Waals surface area contributed by atoms with E-state index < -0.39 is 5.54 Å². The number of aryl methyl sites for hydroxylation is 2. The molecule has 0 bridgehead atoms. The smallest absolute Gasteiger partial charge is 0.252 e. The summed E-state index contributed by atoms with van der Waals surface area (Å²) in [6.07, 6.45) is 5.41. The molecule has 0 atom stereocenters. The van der Waals surface area contributed by atoms with E-state index in [-0.39, 0.29) is 11.7 Å². The maximum atomic E-state index is 13.7. The van der Waals surface area contributed by atoms with E-state index >= 15 is 0 Å². The fraction of sp³-hybridized carbons (Fsp3) is 0.440. The van der Waals surface area contributed by atoms with Gasteiger partial charge in [-0.05, 0) is 57.9 Å². The first-order valence-electron chi connectivity index (χ1n) is 10.5. The lowest BCUT2D eigenvalue weighted by Gasteiger charge is -2.33. The Labute approximate surface area is 173 Å². The Hall–Kier alpha value is -2.62. The maximum absolute atomic E-state index is 13.7. The highest BCUT2D eigenvalue weighted by Gasteiger charge is 2.40. The molecule has 1 fully saturated rings. The third kappa shape index (κ3) is 4.52. The molecule has 0 saturated heterocycles. The Bertz CT molecular complexity index is 888. The van der Waals surface area contributed by atoms with Gasteiger partial charge in [0.1, 0.15) is 11.3 Å². The summed E-state index contributed by atoms with van der Waals surface area (Å²) in [7, 11) is 1.60. The van der Waals surface area contributed by atoms with Crippen LogP contribution in [0, 0.1) is 20.8 Å². The van der Waals surface area contributed by atoms with E-state index in [4.69, 9.17) is 4.74 Å². The number of carbonyl (C=O) groups is 2. The molecule has 1 aliphatic rings. The van der Waals surface area contributed by atoms with Crippen molar-refractivity contribution in [2.75, 3.05) is 7.11 Å². The molecule has 0 aromatic heterocycles. The van der Waals surface area contributed by atoms with Gasteiger partial charge < -0.3 is 10.1 Å². The second-order valence-electron chi connectivity index (χ2n) is 8.29. The van der Waals surface area contributed by atoms with Crippen LogP contribution < -0.4 is 10.1 Å². The van der Waals surface area contributed by atoms with Gasteiger partial charge in [-0.2, -0.15) is 0 Å². The van der Waals surface area contributed by atoms with Crippen molar-refractivity contribution in [3.8, 4) is 5.75 Å². The molecule has 4 heteroatoms. The molecule has 2 aromatic rings. The van der Waals surface area contributed by atoms with E-state index in [0.29, 0.717) is 29.7 Å². The van der Waals surface area contributed by atoms with Crippen LogP contribution in [0.25, 0.3) is 0 Å². The van der Waals surface area contributed by atoms with Crippen LogP contribution in [-0.2, 0) is 0 Å². The van der Waals surface area contributed by atoms with E-state index in [2.05, 4.69) is 11.4 Å². The number of ketones is 1. The van der Waals surface area contributed by atoms with E-state index in [1.54, 1.807) is 13.2 Å². The quantitative estimate of drug-likeness (QED) is 0.552. The van der Waals surface area contributed by atoms with Gasteiger partial charge in [0.15, 0.2) is 5.78 Å². The maximum Gasteiger partial charge on any atom is 0.252 e. The SMILES string of the molecule is COc1cccc(C(=O)NC2(C(=O)c3cc(C)cc(C)c3)CCCCCC2)c1C. The molecule has 0 radical (unpaired) electrons. The highest BCUT2D eigenvalue weighted by Crippen LogP contribution is 2.32. The van der Waals surface area contributed by atoms with Gasteiger partial charge in [0, 0.05) is 16.7 Å². The third-order valence-corrected chi connectivity index (χ3v) is 5.98. The van der Waals surface area contributed by atoms with Crippen LogP contribution in [0.2, 0.25) is 0 Å². The van der Waals surface area contributed by atoms with Crippen molar-refractivity contribution in [3.63, 3.8) is 0 Å². The van der Waals surface area contributed by atoms with Gasteiger partial charge in [-0.25, -0.2) is 0 Å². The molecule has 2 aromatic carbocycles. The normalized spacial score (nSPS) is 16.0. The van der Waals surface area contributed by atoms with Crippen molar-refractivity contribution in [2.45, 2.75) is 64.8 Å². The summed E-state index contributed by atoms with van der Waals surface area (Å²) in [6.45, 7) is 5.88. The second-order valence-corrected chi connectivity index (χ2v) is 8.29. The molecule has 1 amide bonds. The van der Waals surface area contributed by atoms with Gasteiger partial charge in [0.05, 0.1) is 7.11 Å². The van der Waals surface area contributed by atoms with Crippen LogP contribution >= 0.6 is 0 Å². The molecule has 1 aliphatic carbocycles. The van der Waals surface area contributed by atoms with Crippen LogP contribution in [-0.4, -0.2) is 24.3 Å². The minimum atomic E-state index is -0.858. The number of carbonyl (C=O) groups excluding carboxylic acids is 2. The number of hydrogen-bond acceptors (Lipinski definition) is 3. The predicted molar refractivity (Wildman–Crippen MR) is 116 cm³/mol. The molecule has 154 valence electrons. The lowest BCUT2D eigenvalue weighted by atomic mass is 9.81. The number of nitrogens with one attached hydrogen (secondary N) is 1. The zero-order valence-electron chi connectivity index (χ0n) is 17.9. The lowest BCUT2D eigenvalue weighted by molar-refractivity contribution is 0.0744. The van der Waals surface area contributed by atoms with Gasteiger partial charge in [-0.1, -0.05) is 48.9 Å². The molecule has 4 nitrogen and oxygen atoms in total. The molecule has 0 spiro atoms. The summed E-state index contributed by atoms with van der Waals surface area (Å²) in [6, 6.07) is 11.4. The van der Waals surface area contributed by atoms with Crippen LogP contribution in [0.15, 0.2) is 36.4 Å². The van der Waals surface area contributed by atoms with Gasteiger partial charge in [-0.15, -0.1) is 0 Å². The average Bonchev–Trinajstić information content (AvgIpc) is 2.93. The summed E-state index contributed by atoms with van der Waals surface area (Å²) in [5, 5.41) is 3.17. The van der Waals surface area contributed by atoms with Crippen molar-refractivity contribution < 1.29 is 14.3 Å². The molecule has 1 N–H and O–H groups in total. The van der Waals surface area contributed by atoms with E-state index in [1.807, 2.05) is 45.0 Å². The van der Waals surface area contributed by atoms with E-state index in [1.165, 1.54) is 0 Å². The zero-order chi connectivity index (χ0) is 21.0. The Morgan fingerprint density at radius 1 is 0.931 bits per heavy atom. The second kappa shape index (κ2) is 8.81. The van der Waals surface area contributed by atoms with Crippen LogP contribution in [0.4, 0.5) is 0 Å². The number of rotatable bonds is 5. The summed E-state index contributed by atoms with van der Waals surface area (Å²) in [4.78, 5) is 27.0. The first-order valence-corrected chi connectivity index (χ1v) is 10.5. The largest absolute Gasteiger partial charge is 0.496 e. The summed E-state index contributed by atoms with van der Waals surface area (Å²) in [5.41, 5.74) is 3.30. The van der Waals surface area contributed by atoms with Crippen molar-refractivity contribution in [1.82, 2.24) is 5.32 Å². The number of amides is 1. The minimum absolute atomic E-state index is 0.0279. The molecule has 0 aliphatic heterocycles. The van der Waals surface area contributed by atoms with Crippen LogP contribution in [0.3, 0.4) is 0 Å². The zero-order valence-corrected chi connectivity index (χ0v) is 17.9. The summed E-state index contributed by atoms with van der Waals surface area (Å²) < 4.78 is 5.37. The molecule has 0 unspecified atom stereocenters. The minimum Gasteiger partial charge on any atom is -0.496 e. The molecular formula is C25H31NO3. The van der Waals surface area contributed by atoms with Crippen LogP contribution in [0.5, 0.6) is 5.75 Å². The molecule has 0 heterocycles. The summed E-state index contributed by atoms with van der Waals surface area (Å²) in [5.74, 6) is 0.495. The Morgan fingerprint density at radius 3 is 2.14 bits per heavy atom. The Balaban J connectivity index is 1.99. The molecule has 29 heavy (non-hydrogen) atoms. The number of hydrogen-bond donors (Lipinski definition) is 1. The third-order valence-electron chi connectivity index (χ3n) is 5.98. The Kier molecular flexibility index (Phi) is 6.41. The average molecular weight is 394 g/mol. The van der Waals surface area contributed by atoms with Crippen LogP contribution in [0.1, 0.15) is 75.9 Å². The van der Waals surface area contributed by atoms with Gasteiger partial charge in [0.2, 0.25) is 0 Å². The van der Waals surface area contributed by atoms with Crippen molar-refractivity contribution in [2.24, 2.45) is 0 Å². The first-order chi connectivity index (χ1) is 13.9. The van der Waals surface area contributed by atoms with E-state index in [9.17, 15) is 9.59 Å². The lowest BCUT2D eigenvalue weighted by Crippen LogP contribution is -2.54. The number of methoxy groups -OCH3 is 1. The number of Topliss-reactive ketones (excluding diaryl/α,β-unsaturated/α-hetero) is 1. The molecule has 3 rings (SSSR count).